The molecule has 0 aromatic heterocycles. The highest BCUT2D eigenvalue weighted by molar-refractivity contribution is 5.73. The van der Waals surface area contributed by atoms with Crippen molar-refractivity contribution >= 4 is 11.7 Å². The number of rotatable bonds is 6. The summed E-state index contributed by atoms with van der Waals surface area (Å²) < 4.78 is 5.75. The number of fused-ring (bicyclic) bond motifs is 1. The zero-order chi connectivity index (χ0) is 15.4. The second-order valence-corrected chi connectivity index (χ2v) is 5.71. The Morgan fingerprint density at radius 3 is 3.00 bits per heavy atom. The van der Waals surface area contributed by atoms with E-state index in [4.69, 9.17) is 9.84 Å². The molecule has 0 saturated carbocycles. The van der Waals surface area contributed by atoms with Gasteiger partial charge in [0.15, 0.2) is 0 Å². The van der Waals surface area contributed by atoms with Crippen molar-refractivity contribution in [3.05, 3.63) is 23.8 Å². The van der Waals surface area contributed by atoms with Gasteiger partial charge in [-0.05, 0) is 44.4 Å². The normalized spacial score (nSPS) is 19.9. The van der Waals surface area contributed by atoms with Crippen molar-refractivity contribution in [2.75, 3.05) is 11.9 Å². The van der Waals surface area contributed by atoms with E-state index in [9.17, 15) is 4.79 Å². The van der Waals surface area contributed by atoms with Gasteiger partial charge in [0.2, 0.25) is 0 Å². The molecular weight excluding hydrogens is 268 g/mol. The average Bonchev–Trinajstić information content (AvgIpc) is 2.44. The number of anilines is 1. The van der Waals surface area contributed by atoms with Gasteiger partial charge in [0, 0.05) is 6.04 Å². The molecule has 5 heteroatoms. The van der Waals surface area contributed by atoms with Crippen LogP contribution in [0.2, 0.25) is 0 Å². The highest BCUT2D eigenvalue weighted by Crippen LogP contribution is 2.30. The standard InChI is InChI=1S/C16H24N2O3/c1-4-13(16(19)20)18-10(2)7-12-5-6-15-14(8-12)17-9-11(3)21-15/h5-6,8,10-11,13,17-18H,4,7,9H2,1-3H3,(H,19,20). The molecular formula is C16H24N2O3. The molecule has 1 heterocycles. The summed E-state index contributed by atoms with van der Waals surface area (Å²) in [6.45, 7) is 6.73. The molecule has 0 bridgehead atoms. The van der Waals surface area contributed by atoms with Gasteiger partial charge in [-0.2, -0.15) is 0 Å². The first-order chi connectivity index (χ1) is 9.99. The Labute approximate surface area is 125 Å². The number of carbonyl (C=O) groups is 1. The molecule has 1 aliphatic rings. The molecule has 5 nitrogen and oxygen atoms in total. The highest BCUT2D eigenvalue weighted by atomic mass is 16.5. The number of benzene rings is 1. The maximum absolute atomic E-state index is 11.1. The minimum absolute atomic E-state index is 0.104. The van der Waals surface area contributed by atoms with E-state index in [0.29, 0.717) is 6.42 Å². The quantitative estimate of drug-likeness (QED) is 0.750. The Kier molecular flexibility index (Phi) is 5.07. The van der Waals surface area contributed by atoms with Crippen LogP contribution in [-0.4, -0.2) is 35.8 Å². The van der Waals surface area contributed by atoms with Crippen LogP contribution in [-0.2, 0) is 11.2 Å². The third-order valence-corrected chi connectivity index (χ3v) is 3.69. The van der Waals surface area contributed by atoms with Gasteiger partial charge in [0.25, 0.3) is 0 Å². The summed E-state index contributed by atoms with van der Waals surface area (Å²) in [6, 6.07) is 5.72. The van der Waals surface area contributed by atoms with E-state index in [2.05, 4.69) is 16.7 Å². The zero-order valence-electron chi connectivity index (χ0n) is 12.8. The number of carboxylic acids is 1. The number of hydrogen-bond acceptors (Lipinski definition) is 4. The molecule has 3 atom stereocenters. The first kappa shape index (κ1) is 15.6. The Hall–Kier alpha value is -1.75. The van der Waals surface area contributed by atoms with Gasteiger partial charge < -0.3 is 20.5 Å². The fraction of sp³-hybridized carbons (Fsp3) is 0.562. The molecule has 3 N–H and O–H groups in total. The van der Waals surface area contributed by atoms with Gasteiger partial charge in [-0.15, -0.1) is 0 Å². The van der Waals surface area contributed by atoms with Crippen LogP contribution in [0.3, 0.4) is 0 Å². The highest BCUT2D eigenvalue weighted by Gasteiger charge is 2.19. The third-order valence-electron chi connectivity index (χ3n) is 3.69. The molecule has 21 heavy (non-hydrogen) atoms. The van der Waals surface area contributed by atoms with Crippen molar-refractivity contribution < 1.29 is 14.6 Å². The SMILES string of the molecule is CCC(NC(C)Cc1ccc2c(c1)NCC(C)O2)C(=O)O. The molecule has 0 spiro atoms. The van der Waals surface area contributed by atoms with Crippen molar-refractivity contribution in [2.24, 2.45) is 0 Å². The Bertz CT molecular complexity index is 504. The predicted octanol–water partition coefficient (Wildman–Crippen LogP) is 2.26. The number of nitrogens with one attached hydrogen (secondary N) is 2. The molecule has 1 aromatic carbocycles. The summed E-state index contributed by atoms with van der Waals surface area (Å²) in [5.41, 5.74) is 2.18. The van der Waals surface area contributed by atoms with E-state index in [1.165, 1.54) is 5.56 Å². The van der Waals surface area contributed by atoms with Crippen LogP contribution >= 0.6 is 0 Å². The van der Waals surface area contributed by atoms with E-state index >= 15 is 0 Å². The number of hydrogen-bond donors (Lipinski definition) is 3. The van der Waals surface area contributed by atoms with E-state index < -0.39 is 12.0 Å². The summed E-state index contributed by atoms with van der Waals surface area (Å²) in [7, 11) is 0. The summed E-state index contributed by atoms with van der Waals surface area (Å²) in [6.07, 6.45) is 1.55. The van der Waals surface area contributed by atoms with Crippen LogP contribution in [0.1, 0.15) is 32.8 Å². The lowest BCUT2D eigenvalue weighted by atomic mass is 10.0. The van der Waals surface area contributed by atoms with Gasteiger partial charge in [0.05, 0.1) is 12.2 Å². The second kappa shape index (κ2) is 6.80. The Balaban J connectivity index is 1.98. The molecule has 1 aromatic rings. The molecule has 2 rings (SSSR count). The van der Waals surface area contributed by atoms with Gasteiger partial charge in [-0.1, -0.05) is 13.0 Å². The number of aliphatic carboxylic acids is 1. The van der Waals surface area contributed by atoms with Gasteiger partial charge in [-0.3, -0.25) is 4.79 Å². The lowest BCUT2D eigenvalue weighted by molar-refractivity contribution is -0.139. The van der Waals surface area contributed by atoms with Crippen molar-refractivity contribution in [1.29, 1.82) is 0 Å². The summed E-state index contributed by atoms with van der Waals surface area (Å²) in [5.74, 6) is 0.0916. The fourth-order valence-electron chi connectivity index (χ4n) is 2.58. The first-order valence-corrected chi connectivity index (χ1v) is 7.52. The van der Waals surface area contributed by atoms with Crippen LogP contribution in [0.5, 0.6) is 5.75 Å². The summed E-state index contributed by atoms with van der Waals surface area (Å²) in [4.78, 5) is 11.1. The van der Waals surface area contributed by atoms with Crippen molar-refractivity contribution in [1.82, 2.24) is 5.32 Å². The lowest BCUT2D eigenvalue weighted by Gasteiger charge is -2.26. The van der Waals surface area contributed by atoms with E-state index in [1.807, 2.05) is 32.9 Å². The fourth-order valence-corrected chi connectivity index (χ4v) is 2.58. The minimum atomic E-state index is -0.793. The zero-order valence-corrected chi connectivity index (χ0v) is 12.8. The van der Waals surface area contributed by atoms with Crippen LogP contribution in [0, 0.1) is 0 Å². The first-order valence-electron chi connectivity index (χ1n) is 7.52. The van der Waals surface area contributed by atoms with Crippen molar-refractivity contribution in [2.45, 2.75) is 51.8 Å². The largest absolute Gasteiger partial charge is 0.487 e. The third kappa shape index (κ3) is 4.11. The van der Waals surface area contributed by atoms with Crippen LogP contribution in [0.15, 0.2) is 18.2 Å². The van der Waals surface area contributed by atoms with Crippen LogP contribution in [0.4, 0.5) is 5.69 Å². The van der Waals surface area contributed by atoms with E-state index in [1.54, 1.807) is 0 Å². The van der Waals surface area contributed by atoms with Crippen molar-refractivity contribution in [3.63, 3.8) is 0 Å². The smallest absolute Gasteiger partial charge is 0.320 e. The molecule has 0 amide bonds. The Morgan fingerprint density at radius 2 is 2.33 bits per heavy atom. The number of ether oxygens (including phenoxy) is 1. The van der Waals surface area contributed by atoms with Crippen molar-refractivity contribution in [3.8, 4) is 5.75 Å². The molecule has 0 radical (unpaired) electrons. The molecule has 0 fully saturated rings. The van der Waals surface area contributed by atoms with E-state index in [0.717, 1.165) is 24.4 Å². The Morgan fingerprint density at radius 1 is 1.57 bits per heavy atom. The molecule has 116 valence electrons. The summed E-state index contributed by atoms with van der Waals surface area (Å²) in [5, 5.41) is 15.6. The molecule has 3 unspecified atom stereocenters. The molecule has 0 aliphatic carbocycles. The average molecular weight is 292 g/mol. The van der Waals surface area contributed by atoms with Gasteiger partial charge in [0.1, 0.15) is 17.9 Å². The maximum atomic E-state index is 11.1. The molecule has 0 saturated heterocycles. The lowest BCUT2D eigenvalue weighted by Crippen LogP contribution is -2.42. The van der Waals surface area contributed by atoms with Crippen LogP contribution < -0.4 is 15.4 Å². The minimum Gasteiger partial charge on any atom is -0.487 e. The van der Waals surface area contributed by atoms with Gasteiger partial charge >= 0.3 is 5.97 Å². The van der Waals surface area contributed by atoms with E-state index in [-0.39, 0.29) is 12.1 Å². The monoisotopic (exact) mass is 292 g/mol. The predicted molar refractivity (Wildman–Crippen MR) is 83.0 cm³/mol. The van der Waals surface area contributed by atoms with Gasteiger partial charge in [-0.25, -0.2) is 0 Å². The maximum Gasteiger partial charge on any atom is 0.320 e. The number of carboxylic acid groups (broad SMARTS) is 1. The second-order valence-electron chi connectivity index (χ2n) is 5.71. The van der Waals surface area contributed by atoms with Crippen LogP contribution in [0.25, 0.3) is 0 Å². The summed E-state index contributed by atoms with van der Waals surface area (Å²) >= 11 is 0. The molecule has 1 aliphatic heterocycles. The topological polar surface area (TPSA) is 70.6 Å².